The molecule has 1 unspecified atom stereocenters. The quantitative estimate of drug-likeness (QED) is 0.713. The topological polar surface area (TPSA) is 44.1 Å². The number of nitrogens with zero attached hydrogens (tertiary/aromatic N) is 2. The van der Waals surface area contributed by atoms with Crippen molar-refractivity contribution in [2.75, 3.05) is 13.1 Å². The Kier molecular flexibility index (Phi) is 3.73. The predicted octanol–water partition coefficient (Wildman–Crippen LogP) is 2.18. The SMILES string of the molecule is CCC1(CC)CCN(C(=O)C(C)C#N)C1. The number of hydrogen-bond acceptors (Lipinski definition) is 2. The summed E-state index contributed by atoms with van der Waals surface area (Å²) in [6, 6.07) is 2.01. The Balaban J connectivity index is 2.64. The first-order valence-corrected chi connectivity index (χ1v) is 5.77. The summed E-state index contributed by atoms with van der Waals surface area (Å²) in [4.78, 5) is 13.7. The van der Waals surface area contributed by atoms with E-state index >= 15 is 0 Å². The highest BCUT2D eigenvalue weighted by Crippen LogP contribution is 2.37. The smallest absolute Gasteiger partial charge is 0.239 e. The van der Waals surface area contributed by atoms with Crippen LogP contribution in [0.25, 0.3) is 0 Å². The molecule has 0 aromatic carbocycles. The van der Waals surface area contributed by atoms with Crippen molar-refractivity contribution in [2.24, 2.45) is 11.3 Å². The van der Waals surface area contributed by atoms with Crippen molar-refractivity contribution in [1.82, 2.24) is 4.90 Å². The average Bonchev–Trinajstić information content (AvgIpc) is 2.72. The second-order valence-electron chi connectivity index (χ2n) is 4.57. The standard InChI is InChI=1S/C12H20N2O/c1-4-12(5-2)6-7-14(9-12)11(15)10(3)8-13/h10H,4-7,9H2,1-3H3. The van der Waals surface area contributed by atoms with E-state index in [2.05, 4.69) is 13.8 Å². The van der Waals surface area contributed by atoms with Gasteiger partial charge >= 0.3 is 0 Å². The number of amides is 1. The number of nitriles is 1. The summed E-state index contributed by atoms with van der Waals surface area (Å²) in [6.45, 7) is 7.72. The minimum absolute atomic E-state index is 0.00118. The van der Waals surface area contributed by atoms with Crippen LogP contribution in [-0.4, -0.2) is 23.9 Å². The maximum Gasteiger partial charge on any atom is 0.239 e. The minimum Gasteiger partial charge on any atom is -0.341 e. The molecule has 0 aromatic heterocycles. The summed E-state index contributed by atoms with van der Waals surface area (Å²) in [5.41, 5.74) is 0.310. The molecule has 1 rings (SSSR count). The molecule has 0 spiro atoms. The van der Waals surface area contributed by atoms with Crippen LogP contribution < -0.4 is 0 Å². The molecule has 1 amide bonds. The zero-order chi connectivity index (χ0) is 11.5. The molecule has 0 bridgehead atoms. The molecule has 15 heavy (non-hydrogen) atoms. The van der Waals surface area contributed by atoms with Gasteiger partial charge in [-0.1, -0.05) is 13.8 Å². The van der Waals surface area contributed by atoms with Crippen molar-refractivity contribution in [3.63, 3.8) is 0 Å². The van der Waals surface area contributed by atoms with E-state index in [4.69, 9.17) is 5.26 Å². The molecule has 84 valence electrons. The number of carbonyl (C=O) groups is 1. The summed E-state index contributed by atoms with van der Waals surface area (Å²) in [5.74, 6) is -0.490. The molecule has 0 aliphatic carbocycles. The van der Waals surface area contributed by atoms with Crippen LogP contribution in [0.1, 0.15) is 40.0 Å². The zero-order valence-electron chi connectivity index (χ0n) is 9.92. The molecule has 1 aliphatic heterocycles. The summed E-state index contributed by atoms with van der Waals surface area (Å²) < 4.78 is 0. The normalized spacial score (nSPS) is 21.1. The van der Waals surface area contributed by atoms with Crippen LogP contribution in [0.4, 0.5) is 0 Å². The third-order valence-corrected chi connectivity index (χ3v) is 3.81. The van der Waals surface area contributed by atoms with Crippen LogP contribution in [0.15, 0.2) is 0 Å². The van der Waals surface area contributed by atoms with Crippen molar-refractivity contribution < 1.29 is 4.79 Å². The van der Waals surface area contributed by atoms with Crippen LogP contribution >= 0.6 is 0 Å². The molecule has 0 radical (unpaired) electrons. The van der Waals surface area contributed by atoms with Gasteiger partial charge in [-0.15, -0.1) is 0 Å². The lowest BCUT2D eigenvalue weighted by molar-refractivity contribution is -0.132. The van der Waals surface area contributed by atoms with E-state index in [0.717, 1.165) is 32.4 Å². The number of rotatable bonds is 3. The molecule has 1 aliphatic rings. The van der Waals surface area contributed by atoms with Crippen LogP contribution in [0.2, 0.25) is 0 Å². The number of likely N-dealkylation sites (tertiary alicyclic amines) is 1. The molecule has 3 heteroatoms. The monoisotopic (exact) mass is 208 g/mol. The molecule has 1 heterocycles. The fourth-order valence-electron chi connectivity index (χ4n) is 2.28. The van der Waals surface area contributed by atoms with Gasteiger partial charge in [0.1, 0.15) is 5.92 Å². The van der Waals surface area contributed by atoms with E-state index < -0.39 is 5.92 Å². The second kappa shape index (κ2) is 4.65. The zero-order valence-corrected chi connectivity index (χ0v) is 9.92. The molecule has 1 saturated heterocycles. The lowest BCUT2D eigenvalue weighted by Gasteiger charge is -2.26. The van der Waals surface area contributed by atoms with Crippen molar-refractivity contribution >= 4 is 5.91 Å². The van der Waals surface area contributed by atoms with E-state index in [-0.39, 0.29) is 5.91 Å². The van der Waals surface area contributed by atoms with E-state index in [0.29, 0.717) is 5.41 Å². The highest BCUT2D eigenvalue weighted by Gasteiger charge is 2.37. The van der Waals surface area contributed by atoms with Crippen LogP contribution in [0.5, 0.6) is 0 Å². The largest absolute Gasteiger partial charge is 0.341 e. The van der Waals surface area contributed by atoms with E-state index in [9.17, 15) is 4.79 Å². The van der Waals surface area contributed by atoms with Gasteiger partial charge in [0.25, 0.3) is 0 Å². The highest BCUT2D eigenvalue weighted by molar-refractivity contribution is 5.81. The third kappa shape index (κ3) is 2.31. The Labute approximate surface area is 92.1 Å². The fourth-order valence-corrected chi connectivity index (χ4v) is 2.28. The molecular formula is C12H20N2O. The Morgan fingerprint density at radius 3 is 2.53 bits per heavy atom. The van der Waals surface area contributed by atoms with Crippen LogP contribution in [0, 0.1) is 22.7 Å². The molecule has 1 fully saturated rings. The Bertz CT molecular complexity index is 276. The van der Waals surface area contributed by atoms with E-state index in [1.54, 1.807) is 6.92 Å². The molecule has 0 saturated carbocycles. The summed E-state index contributed by atoms with van der Waals surface area (Å²) in [6.07, 6.45) is 3.33. The van der Waals surface area contributed by atoms with Crippen molar-refractivity contribution in [1.29, 1.82) is 5.26 Å². The average molecular weight is 208 g/mol. The number of carbonyl (C=O) groups excluding carboxylic acids is 1. The first kappa shape index (κ1) is 12.0. The molecule has 0 aromatic rings. The maximum absolute atomic E-state index is 11.8. The van der Waals surface area contributed by atoms with Crippen molar-refractivity contribution in [3.05, 3.63) is 0 Å². The lowest BCUT2D eigenvalue weighted by atomic mass is 9.82. The van der Waals surface area contributed by atoms with E-state index in [1.807, 2.05) is 11.0 Å². The first-order chi connectivity index (χ1) is 7.08. The van der Waals surface area contributed by atoms with Gasteiger partial charge in [-0.2, -0.15) is 5.26 Å². The molecule has 3 nitrogen and oxygen atoms in total. The van der Waals surface area contributed by atoms with Gasteiger partial charge in [-0.05, 0) is 31.6 Å². The van der Waals surface area contributed by atoms with Gasteiger partial charge in [-0.25, -0.2) is 0 Å². The second-order valence-corrected chi connectivity index (χ2v) is 4.57. The third-order valence-electron chi connectivity index (χ3n) is 3.81. The fraction of sp³-hybridized carbons (Fsp3) is 0.833. The Morgan fingerprint density at radius 2 is 2.13 bits per heavy atom. The van der Waals surface area contributed by atoms with E-state index in [1.165, 1.54) is 0 Å². The van der Waals surface area contributed by atoms with Crippen molar-refractivity contribution in [2.45, 2.75) is 40.0 Å². The van der Waals surface area contributed by atoms with Gasteiger partial charge in [0, 0.05) is 13.1 Å². The molecule has 1 atom stereocenters. The van der Waals surface area contributed by atoms with Crippen LogP contribution in [-0.2, 0) is 4.79 Å². The van der Waals surface area contributed by atoms with Gasteiger partial charge in [0.2, 0.25) is 5.91 Å². The minimum atomic E-state index is -0.491. The van der Waals surface area contributed by atoms with Gasteiger partial charge in [0.05, 0.1) is 6.07 Å². The van der Waals surface area contributed by atoms with Gasteiger partial charge < -0.3 is 4.90 Å². The summed E-state index contributed by atoms with van der Waals surface area (Å²) >= 11 is 0. The maximum atomic E-state index is 11.8. The van der Waals surface area contributed by atoms with Gasteiger partial charge in [0.15, 0.2) is 0 Å². The predicted molar refractivity (Wildman–Crippen MR) is 59.0 cm³/mol. The number of hydrogen-bond donors (Lipinski definition) is 0. The highest BCUT2D eigenvalue weighted by atomic mass is 16.2. The molecule has 0 N–H and O–H groups in total. The lowest BCUT2D eigenvalue weighted by Crippen LogP contribution is -2.34. The summed E-state index contributed by atoms with van der Waals surface area (Å²) in [7, 11) is 0. The van der Waals surface area contributed by atoms with Crippen molar-refractivity contribution in [3.8, 4) is 6.07 Å². The first-order valence-electron chi connectivity index (χ1n) is 5.77. The molecular weight excluding hydrogens is 188 g/mol. The van der Waals surface area contributed by atoms with Crippen LogP contribution in [0.3, 0.4) is 0 Å². The Hall–Kier alpha value is -1.04. The Morgan fingerprint density at radius 1 is 1.53 bits per heavy atom. The summed E-state index contributed by atoms with van der Waals surface area (Å²) in [5, 5.41) is 8.71. The van der Waals surface area contributed by atoms with Gasteiger partial charge in [-0.3, -0.25) is 4.79 Å².